The van der Waals surface area contributed by atoms with E-state index in [0.717, 1.165) is 6.07 Å². The molecule has 9 nitrogen and oxygen atoms in total. The first-order valence-corrected chi connectivity index (χ1v) is 9.92. The second-order valence-electron chi connectivity index (χ2n) is 6.08. The van der Waals surface area contributed by atoms with Gasteiger partial charge in [0.15, 0.2) is 0 Å². The molecule has 0 unspecified atom stereocenters. The van der Waals surface area contributed by atoms with Gasteiger partial charge in [-0.25, -0.2) is 13.1 Å². The molecule has 0 aromatic heterocycles. The van der Waals surface area contributed by atoms with Crippen molar-refractivity contribution in [2.24, 2.45) is 10.2 Å². The van der Waals surface area contributed by atoms with Crippen LogP contribution in [0.1, 0.15) is 6.92 Å². The molecule has 0 atom stereocenters. The fourth-order valence-corrected chi connectivity index (χ4v) is 3.47. The van der Waals surface area contributed by atoms with E-state index in [1.165, 1.54) is 32.2 Å². The molecule has 150 valence electrons. The van der Waals surface area contributed by atoms with Crippen LogP contribution in [0, 0.1) is 0 Å². The fourth-order valence-electron chi connectivity index (χ4n) is 2.72. The Labute approximate surface area is 166 Å². The molecule has 3 rings (SSSR count). The van der Waals surface area contributed by atoms with Crippen molar-refractivity contribution < 1.29 is 23.4 Å². The first kappa shape index (κ1) is 20.2. The molecule has 3 aromatic carbocycles. The average Bonchev–Trinajstić information content (AvgIpc) is 2.68. The van der Waals surface area contributed by atoms with Gasteiger partial charge in [-0.05, 0) is 36.7 Å². The molecular weight excluding hydrogens is 396 g/mol. The van der Waals surface area contributed by atoms with Gasteiger partial charge in [0, 0.05) is 18.4 Å². The Bertz CT molecular complexity index is 1240. The molecule has 0 heterocycles. The largest absolute Gasteiger partial charge is 0.506 e. The SMILES string of the molecule is CNS(=O)(=O)c1ccc(N=Nc2c(O)ccc3cccc(NC(C)=O)c23)c(O)c1. The molecule has 0 spiro atoms. The molecule has 0 aliphatic carbocycles. The third-order valence-electron chi connectivity index (χ3n) is 4.09. The third-order valence-corrected chi connectivity index (χ3v) is 5.50. The molecule has 3 aromatic rings. The standard InChI is InChI=1S/C19H18N4O5S/c1-11(24)21-15-5-3-4-12-6-9-16(25)19(18(12)15)23-22-14-8-7-13(10-17(14)26)29(27,28)20-2/h3-10,20,25-26H,1-2H3,(H,21,24). The highest BCUT2D eigenvalue weighted by molar-refractivity contribution is 7.89. The zero-order chi connectivity index (χ0) is 21.2. The van der Waals surface area contributed by atoms with Crippen molar-refractivity contribution >= 4 is 43.8 Å². The molecule has 10 heteroatoms. The van der Waals surface area contributed by atoms with Crippen LogP contribution < -0.4 is 10.0 Å². The van der Waals surface area contributed by atoms with Crippen molar-refractivity contribution in [3.63, 3.8) is 0 Å². The summed E-state index contributed by atoms with van der Waals surface area (Å²) in [6.45, 7) is 1.36. The van der Waals surface area contributed by atoms with Crippen molar-refractivity contribution in [3.8, 4) is 11.5 Å². The topological polar surface area (TPSA) is 140 Å². The second kappa shape index (κ2) is 7.86. The van der Waals surface area contributed by atoms with E-state index in [1.54, 1.807) is 24.3 Å². The summed E-state index contributed by atoms with van der Waals surface area (Å²) in [4.78, 5) is 11.4. The molecule has 29 heavy (non-hydrogen) atoms. The predicted molar refractivity (Wildman–Crippen MR) is 108 cm³/mol. The number of nitrogens with zero attached hydrogens (tertiary/aromatic N) is 2. The number of hydrogen-bond donors (Lipinski definition) is 4. The number of benzene rings is 3. The van der Waals surface area contributed by atoms with E-state index in [4.69, 9.17) is 0 Å². The maximum absolute atomic E-state index is 11.8. The normalized spacial score (nSPS) is 11.8. The van der Waals surface area contributed by atoms with Crippen LogP contribution in [-0.2, 0) is 14.8 Å². The number of azo groups is 1. The highest BCUT2D eigenvalue weighted by atomic mass is 32.2. The monoisotopic (exact) mass is 414 g/mol. The number of sulfonamides is 1. The van der Waals surface area contributed by atoms with Gasteiger partial charge >= 0.3 is 0 Å². The van der Waals surface area contributed by atoms with E-state index >= 15 is 0 Å². The minimum Gasteiger partial charge on any atom is -0.506 e. The van der Waals surface area contributed by atoms with Crippen LogP contribution in [0.4, 0.5) is 17.1 Å². The molecule has 0 saturated carbocycles. The Hall–Kier alpha value is -3.50. The Kier molecular flexibility index (Phi) is 5.48. The van der Waals surface area contributed by atoms with E-state index in [9.17, 15) is 23.4 Å². The summed E-state index contributed by atoms with van der Waals surface area (Å²) in [5, 5.41) is 32.3. The van der Waals surface area contributed by atoms with Crippen LogP contribution in [0.15, 0.2) is 63.7 Å². The first-order valence-electron chi connectivity index (χ1n) is 8.43. The van der Waals surface area contributed by atoms with Gasteiger partial charge < -0.3 is 15.5 Å². The van der Waals surface area contributed by atoms with Gasteiger partial charge in [-0.15, -0.1) is 10.2 Å². The Balaban J connectivity index is 2.10. The van der Waals surface area contributed by atoms with Crippen molar-refractivity contribution in [2.45, 2.75) is 11.8 Å². The minimum absolute atomic E-state index is 0.00784. The number of fused-ring (bicyclic) bond motifs is 1. The van der Waals surface area contributed by atoms with E-state index in [0.29, 0.717) is 16.5 Å². The van der Waals surface area contributed by atoms with Gasteiger partial charge in [-0.3, -0.25) is 4.79 Å². The molecule has 0 fully saturated rings. The number of nitrogens with one attached hydrogen (secondary N) is 2. The molecule has 0 radical (unpaired) electrons. The first-order chi connectivity index (χ1) is 13.7. The van der Waals surface area contributed by atoms with Crippen molar-refractivity contribution in [2.75, 3.05) is 12.4 Å². The Morgan fingerprint density at radius 3 is 2.41 bits per heavy atom. The molecule has 0 aliphatic rings. The maximum Gasteiger partial charge on any atom is 0.240 e. The number of carbonyl (C=O) groups excluding carboxylic acids is 1. The number of phenols is 2. The van der Waals surface area contributed by atoms with Gasteiger partial charge in [0.2, 0.25) is 15.9 Å². The highest BCUT2D eigenvalue weighted by Crippen LogP contribution is 2.41. The lowest BCUT2D eigenvalue weighted by atomic mass is 10.1. The number of hydrogen-bond acceptors (Lipinski definition) is 7. The van der Waals surface area contributed by atoms with Gasteiger partial charge in [-0.1, -0.05) is 18.2 Å². The summed E-state index contributed by atoms with van der Waals surface area (Å²) in [7, 11) is -2.46. The zero-order valence-electron chi connectivity index (χ0n) is 15.5. The highest BCUT2D eigenvalue weighted by Gasteiger charge is 2.15. The third kappa shape index (κ3) is 4.18. The van der Waals surface area contributed by atoms with E-state index in [-0.39, 0.29) is 27.9 Å². The van der Waals surface area contributed by atoms with Crippen molar-refractivity contribution in [1.29, 1.82) is 0 Å². The maximum atomic E-state index is 11.8. The number of anilines is 1. The van der Waals surface area contributed by atoms with Crippen molar-refractivity contribution in [1.82, 2.24) is 4.72 Å². The summed E-state index contributed by atoms with van der Waals surface area (Å²) in [5.41, 5.74) is 0.547. The zero-order valence-corrected chi connectivity index (χ0v) is 16.4. The molecule has 0 aliphatic heterocycles. The van der Waals surface area contributed by atoms with Crippen LogP contribution >= 0.6 is 0 Å². The summed E-state index contributed by atoms with van der Waals surface area (Å²) in [5.74, 6) is -0.859. The summed E-state index contributed by atoms with van der Waals surface area (Å²) in [6, 6.07) is 11.9. The van der Waals surface area contributed by atoms with Crippen LogP contribution in [0.3, 0.4) is 0 Å². The summed E-state index contributed by atoms with van der Waals surface area (Å²) in [6.07, 6.45) is 0. The van der Waals surface area contributed by atoms with Crippen LogP contribution in [-0.4, -0.2) is 31.6 Å². The molecular formula is C19H18N4O5S. The lowest BCUT2D eigenvalue weighted by Gasteiger charge is -2.10. The molecule has 0 bridgehead atoms. The lowest BCUT2D eigenvalue weighted by Crippen LogP contribution is -2.18. The number of amides is 1. The summed E-state index contributed by atoms with van der Waals surface area (Å²) >= 11 is 0. The van der Waals surface area contributed by atoms with Gasteiger partial charge in [-0.2, -0.15) is 0 Å². The Morgan fingerprint density at radius 1 is 1.00 bits per heavy atom. The number of carbonyl (C=O) groups is 1. The Morgan fingerprint density at radius 2 is 1.76 bits per heavy atom. The van der Waals surface area contributed by atoms with Crippen LogP contribution in [0.25, 0.3) is 10.8 Å². The van der Waals surface area contributed by atoms with Crippen LogP contribution in [0.5, 0.6) is 11.5 Å². The number of phenolic OH excluding ortho intramolecular Hbond substituents is 2. The van der Waals surface area contributed by atoms with E-state index in [1.807, 2.05) is 0 Å². The van der Waals surface area contributed by atoms with Gasteiger partial charge in [0.1, 0.15) is 22.9 Å². The fraction of sp³-hybridized carbons (Fsp3) is 0.105. The summed E-state index contributed by atoms with van der Waals surface area (Å²) < 4.78 is 25.8. The molecule has 4 N–H and O–H groups in total. The smallest absolute Gasteiger partial charge is 0.240 e. The number of aromatic hydroxyl groups is 2. The quantitative estimate of drug-likeness (QED) is 0.473. The van der Waals surface area contributed by atoms with Crippen LogP contribution in [0.2, 0.25) is 0 Å². The predicted octanol–water partition coefficient (Wildman–Crippen LogP) is 3.53. The van der Waals surface area contributed by atoms with E-state index < -0.39 is 15.8 Å². The lowest BCUT2D eigenvalue weighted by molar-refractivity contribution is -0.114. The second-order valence-corrected chi connectivity index (χ2v) is 7.96. The van der Waals surface area contributed by atoms with Crippen molar-refractivity contribution in [3.05, 3.63) is 48.5 Å². The molecule has 0 saturated heterocycles. The van der Waals surface area contributed by atoms with Gasteiger partial charge in [0.25, 0.3) is 0 Å². The number of rotatable bonds is 5. The van der Waals surface area contributed by atoms with Gasteiger partial charge in [0.05, 0.1) is 10.6 Å². The average molecular weight is 414 g/mol. The molecule has 1 amide bonds. The minimum atomic E-state index is -3.72. The van der Waals surface area contributed by atoms with E-state index in [2.05, 4.69) is 20.3 Å².